The fraction of sp³-hybridized carbons (Fsp3) is 0.533. The molecule has 1 aromatic carbocycles. The van der Waals surface area contributed by atoms with Crippen LogP contribution >= 0.6 is 15.9 Å². The number of benzene rings is 1. The Morgan fingerprint density at radius 3 is 2.79 bits per heavy atom. The zero-order valence-corrected chi connectivity index (χ0v) is 13.0. The Hall–Kier alpha value is -1.03. The van der Waals surface area contributed by atoms with Gasteiger partial charge in [0.15, 0.2) is 6.10 Å². The molecule has 1 aliphatic carbocycles. The zero-order valence-electron chi connectivity index (χ0n) is 11.4. The molecule has 19 heavy (non-hydrogen) atoms. The molecular weight excluding hydrogens is 306 g/mol. The summed E-state index contributed by atoms with van der Waals surface area (Å²) < 4.78 is 6.71. The van der Waals surface area contributed by atoms with Crippen LogP contribution < -0.4 is 10.1 Å². The van der Waals surface area contributed by atoms with Crippen molar-refractivity contribution < 1.29 is 9.53 Å². The molecule has 1 unspecified atom stereocenters. The lowest BCUT2D eigenvalue weighted by Gasteiger charge is -2.19. The average Bonchev–Trinajstić information content (AvgIpc) is 2.86. The number of nitrogens with one attached hydrogen (secondary N) is 1. The van der Waals surface area contributed by atoms with Crippen molar-refractivity contribution in [2.24, 2.45) is 0 Å². The molecule has 1 atom stereocenters. The van der Waals surface area contributed by atoms with E-state index in [0.29, 0.717) is 6.04 Å². The van der Waals surface area contributed by atoms with Crippen molar-refractivity contribution in [2.45, 2.75) is 51.7 Å². The van der Waals surface area contributed by atoms with Crippen molar-refractivity contribution in [3.8, 4) is 5.75 Å². The highest BCUT2D eigenvalue weighted by molar-refractivity contribution is 9.10. The largest absolute Gasteiger partial charge is 0.481 e. The van der Waals surface area contributed by atoms with Crippen molar-refractivity contribution >= 4 is 21.8 Å². The lowest BCUT2D eigenvalue weighted by Crippen LogP contribution is -2.41. The summed E-state index contributed by atoms with van der Waals surface area (Å²) in [5.41, 5.74) is 1.03. The van der Waals surface area contributed by atoms with Gasteiger partial charge in [-0.15, -0.1) is 0 Å². The maximum atomic E-state index is 12.1. The topological polar surface area (TPSA) is 38.3 Å². The third kappa shape index (κ3) is 3.96. The van der Waals surface area contributed by atoms with Crippen LogP contribution in [0.5, 0.6) is 5.75 Å². The van der Waals surface area contributed by atoms with Gasteiger partial charge in [-0.2, -0.15) is 0 Å². The van der Waals surface area contributed by atoms with Gasteiger partial charge >= 0.3 is 0 Å². The predicted octanol–water partition coefficient (Wildman–Crippen LogP) is 3.58. The van der Waals surface area contributed by atoms with E-state index in [1.165, 1.54) is 12.8 Å². The van der Waals surface area contributed by atoms with Gasteiger partial charge in [0.2, 0.25) is 0 Å². The summed E-state index contributed by atoms with van der Waals surface area (Å²) in [4.78, 5) is 12.1. The van der Waals surface area contributed by atoms with Crippen molar-refractivity contribution in [1.82, 2.24) is 5.32 Å². The minimum Gasteiger partial charge on any atom is -0.481 e. The second-order valence-electron chi connectivity index (χ2n) is 5.16. The van der Waals surface area contributed by atoms with Gasteiger partial charge in [0.05, 0.1) is 0 Å². The van der Waals surface area contributed by atoms with E-state index in [1.807, 2.05) is 25.1 Å². The summed E-state index contributed by atoms with van der Waals surface area (Å²) in [6.45, 7) is 3.77. The normalized spacial score (nSPS) is 17.2. The van der Waals surface area contributed by atoms with Gasteiger partial charge in [0.1, 0.15) is 5.75 Å². The molecule has 1 fully saturated rings. The van der Waals surface area contributed by atoms with E-state index in [-0.39, 0.29) is 5.91 Å². The number of aryl methyl sites for hydroxylation is 1. The van der Waals surface area contributed by atoms with Crippen LogP contribution in [0.1, 0.15) is 38.2 Å². The fourth-order valence-electron chi connectivity index (χ4n) is 2.33. The quantitative estimate of drug-likeness (QED) is 0.918. The van der Waals surface area contributed by atoms with Gasteiger partial charge in [0.25, 0.3) is 5.91 Å². The fourth-order valence-corrected chi connectivity index (χ4v) is 2.67. The second-order valence-corrected chi connectivity index (χ2v) is 6.08. The summed E-state index contributed by atoms with van der Waals surface area (Å²) in [5.74, 6) is 0.731. The smallest absolute Gasteiger partial charge is 0.260 e. The number of hydrogen-bond acceptors (Lipinski definition) is 2. The first kappa shape index (κ1) is 14.4. The standard InChI is InChI=1S/C15H20BrNO2/c1-10-7-8-12(16)9-14(10)19-11(2)15(18)17-13-5-3-4-6-13/h7-9,11,13H,3-6H2,1-2H3,(H,17,18). The number of rotatable bonds is 4. The Bertz CT molecular complexity index is 455. The van der Waals surface area contributed by atoms with E-state index < -0.39 is 6.10 Å². The minimum absolute atomic E-state index is 0.0220. The molecule has 0 aromatic heterocycles. The van der Waals surface area contributed by atoms with Gasteiger partial charge in [-0.05, 0) is 44.4 Å². The maximum Gasteiger partial charge on any atom is 0.260 e. The number of halogens is 1. The summed E-state index contributed by atoms with van der Waals surface area (Å²) in [5, 5.41) is 3.06. The van der Waals surface area contributed by atoms with Crippen molar-refractivity contribution in [2.75, 3.05) is 0 Å². The molecule has 1 amide bonds. The van der Waals surface area contributed by atoms with Crippen molar-refractivity contribution in [1.29, 1.82) is 0 Å². The first-order valence-electron chi connectivity index (χ1n) is 6.79. The van der Waals surface area contributed by atoms with Crippen LogP contribution in [0.3, 0.4) is 0 Å². The molecule has 1 aliphatic rings. The lowest BCUT2D eigenvalue weighted by molar-refractivity contribution is -0.127. The summed E-state index contributed by atoms with van der Waals surface area (Å²) >= 11 is 3.41. The number of carbonyl (C=O) groups excluding carboxylic acids is 1. The van der Waals surface area contributed by atoms with Gasteiger partial charge in [-0.1, -0.05) is 34.8 Å². The molecule has 0 radical (unpaired) electrons. The maximum absolute atomic E-state index is 12.1. The van der Waals surface area contributed by atoms with Crippen LogP contribution in [0.25, 0.3) is 0 Å². The molecule has 1 N–H and O–H groups in total. The van der Waals surface area contributed by atoms with Gasteiger partial charge in [0, 0.05) is 10.5 Å². The Morgan fingerprint density at radius 1 is 1.42 bits per heavy atom. The Kier molecular flexibility index (Phi) is 4.86. The SMILES string of the molecule is Cc1ccc(Br)cc1OC(C)C(=O)NC1CCCC1. The highest BCUT2D eigenvalue weighted by atomic mass is 79.9. The third-order valence-corrected chi connectivity index (χ3v) is 4.02. The average molecular weight is 326 g/mol. The van der Waals surface area contributed by atoms with Crippen molar-refractivity contribution in [3.05, 3.63) is 28.2 Å². The highest BCUT2D eigenvalue weighted by Crippen LogP contribution is 2.24. The molecule has 1 saturated carbocycles. The number of ether oxygens (including phenoxy) is 1. The third-order valence-electron chi connectivity index (χ3n) is 3.52. The van der Waals surface area contributed by atoms with E-state index in [2.05, 4.69) is 21.2 Å². The van der Waals surface area contributed by atoms with Crippen LogP contribution in [-0.4, -0.2) is 18.1 Å². The molecule has 0 aliphatic heterocycles. The summed E-state index contributed by atoms with van der Waals surface area (Å²) in [7, 11) is 0. The first-order valence-corrected chi connectivity index (χ1v) is 7.59. The Labute approximate surface area is 122 Å². The van der Waals surface area contributed by atoms with E-state index >= 15 is 0 Å². The molecule has 0 heterocycles. The molecule has 104 valence electrons. The van der Waals surface area contributed by atoms with Crippen molar-refractivity contribution in [3.63, 3.8) is 0 Å². The van der Waals surface area contributed by atoms with E-state index in [1.54, 1.807) is 6.92 Å². The molecule has 1 aromatic rings. The summed E-state index contributed by atoms with van der Waals surface area (Å²) in [6.07, 6.45) is 4.15. The van der Waals surface area contributed by atoms with Crippen LogP contribution in [0, 0.1) is 6.92 Å². The van der Waals surface area contributed by atoms with Gasteiger partial charge in [-0.25, -0.2) is 0 Å². The molecule has 2 rings (SSSR count). The first-order chi connectivity index (χ1) is 9.06. The van der Waals surface area contributed by atoms with E-state index in [9.17, 15) is 4.79 Å². The number of carbonyl (C=O) groups is 1. The lowest BCUT2D eigenvalue weighted by atomic mass is 10.2. The van der Waals surface area contributed by atoms with Crippen LogP contribution in [0.2, 0.25) is 0 Å². The summed E-state index contributed by atoms with van der Waals surface area (Å²) in [6, 6.07) is 6.17. The van der Waals surface area contributed by atoms with Crippen LogP contribution in [0.4, 0.5) is 0 Å². The van der Waals surface area contributed by atoms with E-state index in [4.69, 9.17) is 4.74 Å². The molecule has 0 bridgehead atoms. The molecule has 3 nitrogen and oxygen atoms in total. The number of hydrogen-bond donors (Lipinski definition) is 1. The molecule has 0 saturated heterocycles. The monoisotopic (exact) mass is 325 g/mol. The Morgan fingerprint density at radius 2 is 2.11 bits per heavy atom. The van der Waals surface area contributed by atoms with Gasteiger partial charge in [-0.3, -0.25) is 4.79 Å². The Balaban J connectivity index is 1.93. The molecule has 0 spiro atoms. The van der Waals surface area contributed by atoms with E-state index in [0.717, 1.165) is 28.6 Å². The van der Waals surface area contributed by atoms with Crippen LogP contribution in [-0.2, 0) is 4.79 Å². The van der Waals surface area contributed by atoms with Gasteiger partial charge < -0.3 is 10.1 Å². The second kappa shape index (κ2) is 6.42. The van der Waals surface area contributed by atoms with Crippen LogP contribution in [0.15, 0.2) is 22.7 Å². The number of amides is 1. The minimum atomic E-state index is -0.464. The predicted molar refractivity (Wildman–Crippen MR) is 79.4 cm³/mol. The highest BCUT2D eigenvalue weighted by Gasteiger charge is 2.21. The zero-order chi connectivity index (χ0) is 13.8. The molecule has 4 heteroatoms. The molecular formula is C15H20BrNO2.